The van der Waals surface area contributed by atoms with Crippen LogP contribution in [0, 0.1) is 6.92 Å². The molecule has 3 rings (SSSR count). The summed E-state index contributed by atoms with van der Waals surface area (Å²) in [4.78, 5) is 13.8. The van der Waals surface area contributed by atoms with Crippen molar-refractivity contribution in [1.82, 2.24) is 9.47 Å². The van der Waals surface area contributed by atoms with Gasteiger partial charge in [0.15, 0.2) is 0 Å². The Morgan fingerprint density at radius 2 is 1.80 bits per heavy atom. The minimum absolute atomic E-state index is 0.103. The number of nitrogens with zero attached hydrogens (tertiary/aromatic N) is 2. The first-order chi connectivity index (χ1) is 14.2. The molecule has 0 unspecified atom stereocenters. The number of rotatable bonds is 4. The lowest BCUT2D eigenvalue weighted by Gasteiger charge is -2.15. The van der Waals surface area contributed by atoms with Gasteiger partial charge in [-0.05, 0) is 52.3 Å². The molecule has 0 radical (unpaired) electrons. The molecule has 2 aromatic rings. The molecule has 0 fully saturated rings. The van der Waals surface area contributed by atoms with Crippen molar-refractivity contribution in [2.75, 3.05) is 13.2 Å². The topological polar surface area (TPSA) is 34.5 Å². The minimum atomic E-state index is -0.103. The van der Waals surface area contributed by atoms with Crippen LogP contribution in [0.2, 0.25) is 0 Å². The zero-order valence-electron chi connectivity index (χ0n) is 20.5. The van der Waals surface area contributed by atoms with Crippen molar-refractivity contribution in [3.63, 3.8) is 0 Å². The van der Waals surface area contributed by atoms with Gasteiger partial charge in [-0.2, -0.15) is 0 Å². The molecule has 4 heteroatoms. The van der Waals surface area contributed by atoms with Crippen molar-refractivity contribution in [2.45, 2.75) is 68.0 Å². The molecule has 0 bridgehead atoms. The fourth-order valence-electron chi connectivity index (χ4n) is 3.20. The Balaban J connectivity index is 0.000000806. The summed E-state index contributed by atoms with van der Waals surface area (Å²) in [5, 5.41) is 1.35. The molecule has 0 saturated carbocycles. The predicted octanol–water partition coefficient (Wildman–Crippen LogP) is 6.56. The summed E-state index contributed by atoms with van der Waals surface area (Å²) in [6, 6.07) is 6.63. The highest BCUT2D eigenvalue weighted by molar-refractivity contribution is 5.86. The summed E-state index contributed by atoms with van der Waals surface area (Å²) in [5.41, 5.74) is 6.55. The molecule has 0 saturated heterocycles. The van der Waals surface area contributed by atoms with Crippen LogP contribution in [-0.2, 0) is 29.7 Å². The standard InChI is InChI=1S/C17H22N2O2.C4H8.C3H6.C2H6/c1-4-21-17(20)7-8-19-10-14-13-9-12(2)5-6-15(13)18(3)16(14)11-19;1-4(2)3;1-3-2;1-2/h5-6,9H,4,7-8,10-11H2,1-3H3;1H2,2-3H3;3H,1H2,2H3;1-2H3. The zero-order valence-corrected chi connectivity index (χ0v) is 20.5. The number of benzene rings is 1. The first-order valence-electron chi connectivity index (χ1n) is 10.9. The van der Waals surface area contributed by atoms with Gasteiger partial charge >= 0.3 is 5.97 Å². The lowest BCUT2D eigenvalue weighted by Crippen LogP contribution is -2.22. The van der Waals surface area contributed by atoms with Gasteiger partial charge in [-0.1, -0.05) is 37.1 Å². The van der Waals surface area contributed by atoms with Gasteiger partial charge in [0.2, 0.25) is 0 Å². The highest BCUT2D eigenvalue weighted by atomic mass is 16.5. The second-order valence-corrected chi connectivity index (χ2v) is 7.39. The van der Waals surface area contributed by atoms with Crippen LogP contribution in [0.25, 0.3) is 10.9 Å². The Morgan fingerprint density at radius 3 is 2.33 bits per heavy atom. The molecule has 1 aromatic heterocycles. The second kappa shape index (κ2) is 14.6. The van der Waals surface area contributed by atoms with E-state index in [1.165, 1.54) is 33.3 Å². The maximum atomic E-state index is 11.5. The number of carbonyl (C=O) groups excluding carboxylic acids is 1. The third kappa shape index (κ3) is 8.58. The minimum Gasteiger partial charge on any atom is -0.466 e. The van der Waals surface area contributed by atoms with Gasteiger partial charge in [0.1, 0.15) is 0 Å². The van der Waals surface area contributed by atoms with Crippen molar-refractivity contribution < 1.29 is 9.53 Å². The number of aryl methyl sites for hydroxylation is 2. The average molecular weight is 415 g/mol. The molecule has 0 spiro atoms. The Bertz CT molecular complexity index is 814. The van der Waals surface area contributed by atoms with Crippen LogP contribution in [0.5, 0.6) is 0 Å². The van der Waals surface area contributed by atoms with E-state index in [-0.39, 0.29) is 5.97 Å². The number of hydrogen-bond donors (Lipinski definition) is 0. The van der Waals surface area contributed by atoms with E-state index in [4.69, 9.17) is 4.74 Å². The number of allylic oxidation sites excluding steroid dienone is 2. The third-order valence-corrected chi connectivity index (χ3v) is 4.28. The molecule has 0 amide bonds. The van der Waals surface area contributed by atoms with Crippen molar-refractivity contribution >= 4 is 16.9 Å². The fourth-order valence-corrected chi connectivity index (χ4v) is 3.20. The SMILES string of the molecule is C=C(C)C.C=CC.CC.CCOC(=O)CCN1Cc2c(n(C)c3ccc(C)cc23)C1. The molecule has 2 heterocycles. The Kier molecular flexibility index (Phi) is 13.5. The summed E-state index contributed by atoms with van der Waals surface area (Å²) in [5.74, 6) is -0.103. The van der Waals surface area contributed by atoms with E-state index < -0.39 is 0 Å². The second-order valence-electron chi connectivity index (χ2n) is 7.39. The molecule has 0 aliphatic carbocycles. The lowest BCUT2D eigenvalue weighted by molar-refractivity contribution is -0.143. The van der Waals surface area contributed by atoms with E-state index in [0.29, 0.717) is 13.0 Å². The summed E-state index contributed by atoms with van der Waals surface area (Å²) >= 11 is 0. The van der Waals surface area contributed by atoms with Crippen LogP contribution < -0.4 is 0 Å². The first kappa shape index (κ1) is 27.7. The molecule has 1 aromatic carbocycles. The lowest BCUT2D eigenvalue weighted by atomic mass is 10.1. The Hall–Kier alpha value is -2.33. The largest absolute Gasteiger partial charge is 0.466 e. The van der Waals surface area contributed by atoms with E-state index >= 15 is 0 Å². The zero-order chi connectivity index (χ0) is 23.3. The van der Waals surface area contributed by atoms with Crippen LogP contribution in [0.4, 0.5) is 0 Å². The van der Waals surface area contributed by atoms with Crippen LogP contribution in [0.3, 0.4) is 0 Å². The summed E-state index contributed by atoms with van der Waals surface area (Å²) in [6.45, 7) is 23.8. The summed E-state index contributed by atoms with van der Waals surface area (Å²) < 4.78 is 7.29. The number of aromatic nitrogens is 1. The van der Waals surface area contributed by atoms with Crippen LogP contribution in [-0.4, -0.2) is 28.6 Å². The number of ether oxygens (including phenoxy) is 1. The normalized spacial score (nSPS) is 11.7. The fraction of sp³-hybridized carbons (Fsp3) is 0.500. The molecular weight excluding hydrogens is 372 g/mol. The maximum Gasteiger partial charge on any atom is 0.307 e. The molecule has 4 nitrogen and oxygen atoms in total. The van der Waals surface area contributed by atoms with Gasteiger partial charge in [-0.3, -0.25) is 9.69 Å². The summed E-state index contributed by atoms with van der Waals surface area (Å²) in [7, 11) is 2.13. The summed E-state index contributed by atoms with van der Waals surface area (Å²) in [6.07, 6.45) is 2.22. The molecule has 0 atom stereocenters. The van der Waals surface area contributed by atoms with Crippen LogP contribution >= 0.6 is 0 Å². The third-order valence-electron chi connectivity index (χ3n) is 4.28. The molecule has 1 aliphatic heterocycles. The predicted molar refractivity (Wildman–Crippen MR) is 131 cm³/mol. The number of hydrogen-bond acceptors (Lipinski definition) is 3. The van der Waals surface area contributed by atoms with Crippen molar-refractivity contribution in [3.8, 4) is 0 Å². The van der Waals surface area contributed by atoms with Gasteiger partial charge in [-0.15, -0.1) is 13.2 Å². The van der Waals surface area contributed by atoms with Crippen molar-refractivity contribution in [3.05, 3.63) is 59.8 Å². The van der Waals surface area contributed by atoms with E-state index in [1.807, 2.05) is 41.5 Å². The van der Waals surface area contributed by atoms with Gasteiger partial charge in [0.25, 0.3) is 0 Å². The number of esters is 1. The van der Waals surface area contributed by atoms with E-state index in [2.05, 4.69) is 54.8 Å². The quantitative estimate of drug-likeness (QED) is 0.420. The van der Waals surface area contributed by atoms with Gasteiger partial charge < -0.3 is 9.30 Å². The molecule has 1 aliphatic rings. The van der Waals surface area contributed by atoms with Gasteiger partial charge in [0, 0.05) is 43.3 Å². The first-order valence-corrected chi connectivity index (χ1v) is 10.9. The van der Waals surface area contributed by atoms with Crippen LogP contribution in [0.1, 0.15) is 64.8 Å². The van der Waals surface area contributed by atoms with Crippen LogP contribution in [0.15, 0.2) is 43.0 Å². The van der Waals surface area contributed by atoms with Crippen molar-refractivity contribution in [1.29, 1.82) is 0 Å². The average Bonchev–Trinajstić information content (AvgIpc) is 3.21. The molecule has 0 N–H and O–H groups in total. The Labute approximate surface area is 184 Å². The van der Waals surface area contributed by atoms with E-state index in [1.54, 1.807) is 6.08 Å². The van der Waals surface area contributed by atoms with Gasteiger partial charge in [0.05, 0.1) is 13.0 Å². The number of carbonyl (C=O) groups is 1. The Morgan fingerprint density at radius 1 is 1.23 bits per heavy atom. The highest BCUT2D eigenvalue weighted by Crippen LogP contribution is 2.33. The molecule has 168 valence electrons. The smallest absolute Gasteiger partial charge is 0.307 e. The van der Waals surface area contributed by atoms with Crippen molar-refractivity contribution in [2.24, 2.45) is 7.05 Å². The monoisotopic (exact) mass is 414 g/mol. The molecule has 30 heavy (non-hydrogen) atoms. The van der Waals surface area contributed by atoms with E-state index in [9.17, 15) is 4.79 Å². The van der Waals surface area contributed by atoms with Gasteiger partial charge in [-0.25, -0.2) is 0 Å². The maximum absolute atomic E-state index is 11.5. The number of fused-ring (bicyclic) bond motifs is 3. The van der Waals surface area contributed by atoms with E-state index in [0.717, 1.165) is 19.6 Å². The molecular formula is C26H42N2O2. The highest BCUT2D eigenvalue weighted by Gasteiger charge is 2.25.